The van der Waals surface area contributed by atoms with E-state index in [-0.39, 0.29) is 5.82 Å². The van der Waals surface area contributed by atoms with Crippen molar-refractivity contribution in [1.29, 1.82) is 0 Å². The van der Waals surface area contributed by atoms with Crippen molar-refractivity contribution in [3.05, 3.63) is 51.3 Å². The van der Waals surface area contributed by atoms with Crippen molar-refractivity contribution in [3.63, 3.8) is 0 Å². The van der Waals surface area contributed by atoms with Crippen LogP contribution in [0.15, 0.2) is 36.4 Å². The molecule has 3 rings (SSSR count). The Labute approximate surface area is 134 Å². The van der Waals surface area contributed by atoms with Crippen LogP contribution >= 0.6 is 22.6 Å². The first-order valence-corrected chi connectivity index (χ1v) is 7.40. The number of hydrogen-bond acceptors (Lipinski definition) is 3. The fraction of sp³-hybridized carbons (Fsp3) is 0.133. The fourth-order valence-electron chi connectivity index (χ4n) is 2.26. The molecular weight excluding hydrogens is 384 g/mol. The van der Waals surface area contributed by atoms with Crippen molar-refractivity contribution in [2.45, 2.75) is 6.54 Å². The zero-order chi connectivity index (χ0) is 15.0. The summed E-state index contributed by atoms with van der Waals surface area (Å²) >= 11 is 1.94. The molecule has 0 amide bonds. The average Bonchev–Trinajstić information content (AvgIpc) is 2.76. The van der Waals surface area contributed by atoms with Gasteiger partial charge in [0.15, 0.2) is 0 Å². The largest absolute Gasteiger partial charge is 0.497 e. The molecule has 0 fully saturated rings. The molecule has 0 spiro atoms. The maximum absolute atomic E-state index is 13.8. The van der Waals surface area contributed by atoms with Gasteiger partial charge in [0.25, 0.3) is 0 Å². The van der Waals surface area contributed by atoms with E-state index in [1.807, 2.05) is 46.9 Å². The molecule has 0 unspecified atom stereocenters. The van der Waals surface area contributed by atoms with Gasteiger partial charge in [0.2, 0.25) is 5.95 Å². The molecule has 6 heteroatoms. The summed E-state index contributed by atoms with van der Waals surface area (Å²) < 4.78 is 21.3. The van der Waals surface area contributed by atoms with Crippen molar-refractivity contribution in [1.82, 2.24) is 9.55 Å². The highest BCUT2D eigenvalue weighted by atomic mass is 127. The highest BCUT2D eigenvalue weighted by Gasteiger charge is 2.12. The Morgan fingerprint density at radius 3 is 2.90 bits per heavy atom. The van der Waals surface area contributed by atoms with Crippen LogP contribution in [-0.2, 0) is 6.54 Å². The number of anilines is 1. The number of nitrogens with zero attached hydrogens (tertiary/aromatic N) is 2. The van der Waals surface area contributed by atoms with Gasteiger partial charge in [0.05, 0.1) is 28.3 Å². The standard InChI is InChI=1S/C15H13FIN3O/c1-21-10-4-2-3-9(5-10)8-20-14-6-11(16)12(17)7-13(14)19-15(20)18/h2-7H,8H2,1H3,(H2,18,19). The lowest BCUT2D eigenvalue weighted by molar-refractivity contribution is 0.414. The molecule has 2 N–H and O–H groups in total. The van der Waals surface area contributed by atoms with Crippen LogP contribution in [0.25, 0.3) is 11.0 Å². The molecule has 1 aromatic heterocycles. The summed E-state index contributed by atoms with van der Waals surface area (Å²) in [5.41, 5.74) is 8.36. The lowest BCUT2D eigenvalue weighted by Gasteiger charge is -2.08. The lowest BCUT2D eigenvalue weighted by Crippen LogP contribution is -2.04. The number of methoxy groups -OCH3 is 1. The van der Waals surface area contributed by atoms with Gasteiger partial charge in [-0.1, -0.05) is 12.1 Å². The predicted molar refractivity (Wildman–Crippen MR) is 88.9 cm³/mol. The number of fused-ring (bicyclic) bond motifs is 1. The molecule has 0 aliphatic heterocycles. The molecule has 0 aliphatic rings. The second-order valence-corrected chi connectivity index (χ2v) is 5.82. The third-order valence-corrected chi connectivity index (χ3v) is 4.12. The van der Waals surface area contributed by atoms with Crippen LogP contribution in [0.3, 0.4) is 0 Å². The van der Waals surface area contributed by atoms with Crippen molar-refractivity contribution in [2.24, 2.45) is 0 Å². The molecule has 108 valence electrons. The van der Waals surface area contributed by atoms with E-state index in [0.29, 0.717) is 27.1 Å². The van der Waals surface area contributed by atoms with Crippen LogP contribution in [0.2, 0.25) is 0 Å². The van der Waals surface area contributed by atoms with Gasteiger partial charge in [-0.15, -0.1) is 0 Å². The average molecular weight is 397 g/mol. The van der Waals surface area contributed by atoms with E-state index < -0.39 is 0 Å². The molecule has 0 atom stereocenters. The van der Waals surface area contributed by atoms with Crippen molar-refractivity contribution < 1.29 is 9.13 Å². The quantitative estimate of drug-likeness (QED) is 0.690. The van der Waals surface area contributed by atoms with Gasteiger partial charge in [-0.2, -0.15) is 0 Å². The van der Waals surface area contributed by atoms with Crippen molar-refractivity contribution in [3.8, 4) is 5.75 Å². The zero-order valence-electron chi connectivity index (χ0n) is 11.3. The highest BCUT2D eigenvalue weighted by molar-refractivity contribution is 14.1. The maximum atomic E-state index is 13.8. The predicted octanol–water partition coefficient (Wildman–Crippen LogP) is 3.42. The number of aromatic nitrogens is 2. The topological polar surface area (TPSA) is 53.1 Å². The number of halogens is 2. The third-order valence-electron chi connectivity index (χ3n) is 3.29. The summed E-state index contributed by atoms with van der Waals surface area (Å²) in [6.07, 6.45) is 0. The first-order valence-electron chi connectivity index (χ1n) is 6.32. The molecule has 1 heterocycles. The number of ether oxygens (including phenoxy) is 1. The van der Waals surface area contributed by atoms with Gasteiger partial charge in [0.1, 0.15) is 11.6 Å². The summed E-state index contributed by atoms with van der Waals surface area (Å²) in [6.45, 7) is 0.513. The van der Waals surface area contributed by atoms with E-state index in [1.165, 1.54) is 6.07 Å². The highest BCUT2D eigenvalue weighted by Crippen LogP contribution is 2.24. The minimum absolute atomic E-state index is 0.269. The minimum atomic E-state index is -0.269. The molecule has 0 saturated heterocycles. The second kappa shape index (κ2) is 5.51. The van der Waals surface area contributed by atoms with E-state index in [1.54, 1.807) is 17.7 Å². The molecule has 4 nitrogen and oxygen atoms in total. The van der Waals surface area contributed by atoms with Crippen LogP contribution in [0.4, 0.5) is 10.3 Å². The molecular formula is C15H13FIN3O. The van der Waals surface area contributed by atoms with Gasteiger partial charge < -0.3 is 15.0 Å². The maximum Gasteiger partial charge on any atom is 0.201 e. The first kappa shape index (κ1) is 14.1. The summed E-state index contributed by atoms with van der Waals surface area (Å²) in [5, 5.41) is 0. The van der Waals surface area contributed by atoms with Gasteiger partial charge in [-0.3, -0.25) is 0 Å². The first-order chi connectivity index (χ1) is 10.1. The normalized spacial score (nSPS) is 11.0. The fourth-order valence-corrected chi connectivity index (χ4v) is 2.71. The van der Waals surface area contributed by atoms with E-state index in [0.717, 1.165) is 11.3 Å². The van der Waals surface area contributed by atoms with Gasteiger partial charge in [-0.05, 0) is 46.4 Å². The monoisotopic (exact) mass is 397 g/mol. The zero-order valence-corrected chi connectivity index (χ0v) is 13.5. The Morgan fingerprint density at radius 2 is 2.14 bits per heavy atom. The number of nitrogen functional groups attached to an aromatic ring is 1. The number of nitrogens with two attached hydrogens (primary N) is 1. The Hall–Kier alpha value is -1.83. The summed E-state index contributed by atoms with van der Waals surface area (Å²) in [4.78, 5) is 4.29. The minimum Gasteiger partial charge on any atom is -0.497 e. The Morgan fingerprint density at radius 1 is 1.33 bits per heavy atom. The molecule has 3 aromatic rings. The molecule has 2 aromatic carbocycles. The summed E-state index contributed by atoms with van der Waals surface area (Å²) in [6, 6.07) is 10.9. The van der Waals surface area contributed by atoms with Gasteiger partial charge >= 0.3 is 0 Å². The number of hydrogen-bond donors (Lipinski definition) is 1. The third kappa shape index (κ3) is 2.67. The van der Waals surface area contributed by atoms with Crippen molar-refractivity contribution >= 4 is 39.6 Å². The SMILES string of the molecule is COc1cccc(Cn2c(N)nc3cc(I)c(F)cc32)c1. The Kier molecular flexibility index (Phi) is 3.71. The van der Waals surface area contributed by atoms with Crippen LogP contribution < -0.4 is 10.5 Å². The smallest absolute Gasteiger partial charge is 0.201 e. The molecule has 0 saturated carbocycles. The number of imidazole rings is 1. The molecule has 0 bridgehead atoms. The van der Waals surface area contributed by atoms with Crippen LogP contribution in [0.5, 0.6) is 5.75 Å². The summed E-state index contributed by atoms with van der Waals surface area (Å²) in [7, 11) is 1.62. The number of benzene rings is 2. The molecule has 0 radical (unpaired) electrons. The molecule has 0 aliphatic carbocycles. The van der Waals surface area contributed by atoms with E-state index >= 15 is 0 Å². The Balaban J connectivity index is 2.07. The number of rotatable bonds is 3. The lowest BCUT2D eigenvalue weighted by atomic mass is 10.2. The Bertz CT molecular complexity index is 816. The van der Waals surface area contributed by atoms with Crippen molar-refractivity contribution in [2.75, 3.05) is 12.8 Å². The van der Waals surface area contributed by atoms with Gasteiger partial charge in [0, 0.05) is 6.07 Å². The van der Waals surface area contributed by atoms with Crippen LogP contribution in [-0.4, -0.2) is 16.7 Å². The second-order valence-electron chi connectivity index (χ2n) is 4.66. The van der Waals surface area contributed by atoms with E-state index in [9.17, 15) is 4.39 Å². The van der Waals surface area contributed by atoms with Crippen LogP contribution in [0.1, 0.15) is 5.56 Å². The summed E-state index contributed by atoms with van der Waals surface area (Å²) in [5.74, 6) is 0.875. The molecule has 21 heavy (non-hydrogen) atoms. The van der Waals surface area contributed by atoms with E-state index in [2.05, 4.69) is 4.98 Å². The van der Waals surface area contributed by atoms with Crippen LogP contribution in [0, 0.1) is 9.39 Å². The van der Waals surface area contributed by atoms with E-state index in [4.69, 9.17) is 10.5 Å². The van der Waals surface area contributed by atoms with Gasteiger partial charge in [-0.25, -0.2) is 9.37 Å².